The van der Waals surface area contributed by atoms with Gasteiger partial charge in [-0.3, -0.25) is 0 Å². The van der Waals surface area contributed by atoms with Gasteiger partial charge in [0.05, 0.1) is 10.6 Å². The minimum Gasteiger partial charge on any atom is -0.373 e. The van der Waals surface area contributed by atoms with E-state index in [1.807, 2.05) is 12.1 Å². The highest BCUT2D eigenvalue weighted by Gasteiger charge is 2.39. The second-order valence-electron chi connectivity index (χ2n) is 5.60. The van der Waals surface area contributed by atoms with Gasteiger partial charge in [-0.05, 0) is 51.6 Å². The van der Waals surface area contributed by atoms with Crippen molar-refractivity contribution in [3.05, 3.63) is 28.8 Å². The molecular weight excluding hydrogens is 258 g/mol. The average molecular weight is 278 g/mol. The molecule has 19 heavy (non-hydrogen) atoms. The van der Waals surface area contributed by atoms with Crippen LogP contribution in [0.25, 0.3) is 0 Å². The lowest BCUT2D eigenvalue weighted by Crippen LogP contribution is -2.56. The summed E-state index contributed by atoms with van der Waals surface area (Å²) in [5.41, 5.74) is 1.89. The molecule has 0 heterocycles. The molecule has 0 spiro atoms. The third-order valence-corrected chi connectivity index (χ3v) is 4.59. The van der Waals surface area contributed by atoms with Crippen LogP contribution in [0.5, 0.6) is 0 Å². The van der Waals surface area contributed by atoms with Crippen molar-refractivity contribution in [1.82, 2.24) is 4.90 Å². The Labute approximate surface area is 120 Å². The molecule has 0 aromatic heterocycles. The summed E-state index contributed by atoms with van der Waals surface area (Å²) in [5.74, 6) is 0. The van der Waals surface area contributed by atoms with Gasteiger partial charge in [-0.25, -0.2) is 0 Å². The smallest absolute Gasteiger partial charge is 0.101 e. The molecule has 0 unspecified atom stereocenters. The first kappa shape index (κ1) is 14.2. The first-order chi connectivity index (χ1) is 8.98. The second-order valence-corrected chi connectivity index (χ2v) is 6.01. The zero-order valence-electron chi connectivity index (χ0n) is 11.8. The van der Waals surface area contributed by atoms with Crippen molar-refractivity contribution in [1.29, 1.82) is 5.26 Å². The third-order valence-electron chi connectivity index (χ3n) is 4.28. The van der Waals surface area contributed by atoms with Crippen molar-refractivity contribution < 1.29 is 0 Å². The van der Waals surface area contributed by atoms with Gasteiger partial charge >= 0.3 is 0 Å². The molecule has 1 aliphatic rings. The molecule has 0 saturated heterocycles. The lowest BCUT2D eigenvalue weighted by molar-refractivity contribution is 0.0683. The van der Waals surface area contributed by atoms with E-state index in [0.717, 1.165) is 12.2 Å². The zero-order chi connectivity index (χ0) is 14.0. The van der Waals surface area contributed by atoms with Crippen LogP contribution in [0.4, 0.5) is 5.69 Å². The SMILES string of the molecule is CN(CC1(N(C)C)CCC1)c1ccc(C#N)c(Cl)c1. The molecule has 0 atom stereocenters. The molecule has 1 aromatic rings. The van der Waals surface area contributed by atoms with E-state index in [1.165, 1.54) is 19.3 Å². The van der Waals surface area contributed by atoms with Gasteiger partial charge in [-0.15, -0.1) is 0 Å². The maximum Gasteiger partial charge on any atom is 0.101 e. The van der Waals surface area contributed by atoms with Crippen LogP contribution in [0.2, 0.25) is 5.02 Å². The first-order valence-electron chi connectivity index (χ1n) is 6.57. The summed E-state index contributed by atoms with van der Waals surface area (Å²) < 4.78 is 0. The zero-order valence-corrected chi connectivity index (χ0v) is 12.5. The van der Waals surface area contributed by atoms with Gasteiger partial charge in [0, 0.05) is 24.8 Å². The van der Waals surface area contributed by atoms with Gasteiger partial charge in [-0.2, -0.15) is 5.26 Å². The maximum absolute atomic E-state index is 8.90. The van der Waals surface area contributed by atoms with Crippen LogP contribution in [0.15, 0.2) is 18.2 Å². The molecule has 1 aliphatic carbocycles. The number of benzene rings is 1. The molecule has 0 N–H and O–H groups in total. The van der Waals surface area contributed by atoms with E-state index in [0.29, 0.717) is 10.6 Å². The van der Waals surface area contributed by atoms with E-state index in [2.05, 4.69) is 37.0 Å². The summed E-state index contributed by atoms with van der Waals surface area (Å²) in [6.45, 7) is 0.988. The molecule has 4 heteroatoms. The lowest BCUT2D eigenvalue weighted by Gasteiger charge is -2.49. The molecule has 0 radical (unpaired) electrons. The van der Waals surface area contributed by atoms with Gasteiger partial charge < -0.3 is 9.80 Å². The van der Waals surface area contributed by atoms with Crippen molar-refractivity contribution in [2.75, 3.05) is 32.6 Å². The number of hydrogen-bond donors (Lipinski definition) is 0. The summed E-state index contributed by atoms with van der Waals surface area (Å²) in [6.07, 6.45) is 3.79. The molecule has 1 saturated carbocycles. The lowest BCUT2D eigenvalue weighted by atomic mass is 9.75. The van der Waals surface area contributed by atoms with E-state index in [4.69, 9.17) is 16.9 Å². The highest BCUT2D eigenvalue weighted by molar-refractivity contribution is 6.32. The van der Waals surface area contributed by atoms with Crippen molar-refractivity contribution >= 4 is 17.3 Å². The molecule has 102 valence electrons. The number of likely N-dealkylation sites (N-methyl/N-ethyl adjacent to an activating group) is 2. The van der Waals surface area contributed by atoms with E-state index >= 15 is 0 Å². The summed E-state index contributed by atoms with van der Waals surface area (Å²) >= 11 is 6.10. The van der Waals surface area contributed by atoms with Crippen LogP contribution in [0, 0.1) is 11.3 Å². The largest absolute Gasteiger partial charge is 0.373 e. The minimum absolute atomic E-state index is 0.287. The number of hydrogen-bond acceptors (Lipinski definition) is 3. The molecule has 0 aliphatic heterocycles. The highest BCUT2D eigenvalue weighted by Crippen LogP contribution is 2.37. The van der Waals surface area contributed by atoms with Crippen LogP contribution >= 0.6 is 11.6 Å². The number of anilines is 1. The Morgan fingerprint density at radius 2 is 2.00 bits per heavy atom. The third kappa shape index (κ3) is 2.70. The average Bonchev–Trinajstić information content (AvgIpc) is 2.32. The molecule has 0 bridgehead atoms. The fraction of sp³-hybridized carbons (Fsp3) is 0.533. The van der Waals surface area contributed by atoms with Crippen LogP contribution in [-0.4, -0.2) is 38.1 Å². The normalized spacial score (nSPS) is 16.8. The van der Waals surface area contributed by atoms with Crippen molar-refractivity contribution in [2.45, 2.75) is 24.8 Å². The highest BCUT2D eigenvalue weighted by atomic mass is 35.5. The van der Waals surface area contributed by atoms with Crippen molar-refractivity contribution in [3.63, 3.8) is 0 Å². The quantitative estimate of drug-likeness (QED) is 0.847. The van der Waals surface area contributed by atoms with Crippen LogP contribution in [0.3, 0.4) is 0 Å². The van der Waals surface area contributed by atoms with E-state index in [9.17, 15) is 0 Å². The van der Waals surface area contributed by atoms with Gasteiger partial charge in [0.15, 0.2) is 0 Å². The minimum atomic E-state index is 0.287. The Bertz CT molecular complexity index is 501. The summed E-state index contributed by atoms with van der Waals surface area (Å²) in [7, 11) is 6.39. The molecule has 1 aromatic carbocycles. The molecule has 3 nitrogen and oxygen atoms in total. The van der Waals surface area contributed by atoms with Crippen LogP contribution in [0.1, 0.15) is 24.8 Å². The van der Waals surface area contributed by atoms with E-state index in [1.54, 1.807) is 6.07 Å². The summed E-state index contributed by atoms with van der Waals surface area (Å²) in [5, 5.41) is 9.43. The van der Waals surface area contributed by atoms with Crippen molar-refractivity contribution in [3.8, 4) is 6.07 Å². The topological polar surface area (TPSA) is 30.3 Å². The molecular formula is C15H20ClN3. The maximum atomic E-state index is 8.90. The number of rotatable bonds is 4. The Balaban J connectivity index is 2.14. The predicted octanol–water partition coefficient (Wildman–Crippen LogP) is 3.13. The monoisotopic (exact) mass is 277 g/mol. The molecule has 1 fully saturated rings. The first-order valence-corrected chi connectivity index (χ1v) is 6.94. The van der Waals surface area contributed by atoms with Crippen LogP contribution < -0.4 is 4.90 Å². The number of nitrogens with zero attached hydrogens (tertiary/aromatic N) is 3. The standard InChI is InChI=1S/C15H20ClN3/c1-18(2)15(7-4-8-15)11-19(3)13-6-5-12(10-17)14(16)9-13/h5-6,9H,4,7-8,11H2,1-3H3. The molecule has 2 rings (SSSR count). The number of halogens is 1. The van der Waals surface area contributed by atoms with Crippen molar-refractivity contribution in [2.24, 2.45) is 0 Å². The Kier molecular flexibility index (Phi) is 4.03. The predicted molar refractivity (Wildman–Crippen MR) is 79.7 cm³/mol. The Hall–Kier alpha value is -1.24. The number of nitriles is 1. The summed E-state index contributed by atoms with van der Waals surface area (Å²) in [4.78, 5) is 4.56. The van der Waals surface area contributed by atoms with Gasteiger partial charge in [0.2, 0.25) is 0 Å². The van der Waals surface area contributed by atoms with Gasteiger partial charge in [-0.1, -0.05) is 11.6 Å². The van der Waals surface area contributed by atoms with Gasteiger partial charge in [0.1, 0.15) is 6.07 Å². The van der Waals surface area contributed by atoms with Crippen LogP contribution in [-0.2, 0) is 0 Å². The fourth-order valence-electron chi connectivity index (χ4n) is 2.70. The summed E-state index contributed by atoms with van der Waals surface area (Å²) in [6, 6.07) is 7.72. The fourth-order valence-corrected chi connectivity index (χ4v) is 2.91. The van der Waals surface area contributed by atoms with Gasteiger partial charge in [0.25, 0.3) is 0 Å². The second kappa shape index (κ2) is 5.40. The Morgan fingerprint density at radius 3 is 2.42 bits per heavy atom. The van der Waals surface area contributed by atoms with E-state index < -0.39 is 0 Å². The van der Waals surface area contributed by atoms with E-state index in [-0.39, 0.29) is 5.54 Å². The molecule has 0 amide bonds. The Morgan fingerprint density at radius 1 is 1.32 bits per heavy atom.